The highest BCUT2D eigenvalue weighted by molar-refractivity contribution is 7.90. The average molecular weight is 306 g/mol. The first-order valence-electron chi connectivity index (χ1n) is 5.55. The second kappa shape index (κ2) is 6.25. The van der Waals surface area contributed by atoms with Crippen molar-refractivity contribution in [2.24, 2.45) is 0 Å². The molecular formula is C12H16ClNO4S. The molecule has 0 aliphatic heterocycles. The smallest absolute Gasteiger partial charge is 0.339 e. The molecule has 106 valence electrons. The molecule has 1 N–H and O–H groups in total. The highest BCUT2D eigenvalue weighted by atomic mass is 35.5. The molecule has 0 aliphatic carbocycles. The van der Waals surface area contributed by atoms with Crippen LogP contribution in [0, 0.1) is 0 Å². The molecule has 0 fully saturated rings. The quantitative estimate of drug-likeness (QED) is 0.842. The highest BCUT2D eigenvalue weighted by Crippen LogP contribution is 2.22. The molecule has 5 nitrogen and oxygen atoms in total. The van der Waals surface area contributed by atoms with Gasteiger partial charge in [0.2, 0.25) is 0 Å². The minimum absolute atomic E-state index is 0.00316. The van der Waals surface area contributed by atoms with E-state index < -0.39 is 15.8 Å². The summed E-state index contributed by atoms with van der Waals surface area (Å²) in [5.74, 6) is -0.534. The Labute approximate surface area is 117 Å². The number of carbonyl (C=O) groups excluding carboxylic acids is 1. The predicted octanol–water partition coefficient (Wildman–Crippen LogP) is 1.97. The fourth-order valence-corrected chi connectivity index (χ4v) is 2.85. The van der Waals surface area contributed by atoms with Crippen molar-refractivity contribution in [3.63, 3.8) is 0 Å². The number of halogens is 1. The van der Waals surface area contributed by atoms with E-state index in [1.54, 1.807) is 19.1 Å². The lowest BCUT2D eigenvalue weighted by atomic mass is 10.2. The summed E-state index contributed by atoms with van der Waals surface area (Å²) in [6.07, 6.45) is 1.17. The van der Waals surface area contributed by atoms with Crippen molar-refractivity contribution in [2.45, 2.75) is 13.0 Å². The van der Waals surface area contributed by atoms with Crippen LogP contribution in [-0.4, -0.2) is 39.5 Å². The minimum atomic E-state index is -3.06. The van der Waals surface area contributed by atoms with Gasteiger partial charge in [0.15, 0.2) is 0 Å². The summed E-state index contributed by atoms with van der Waals surface area (Å²) in [6, 6.07) is 4.49. The van der Waals surface area contributed by atoms with Gasteiger partial charge >= 0.3 is 5.97 Å². The predicted molar refractivity (Wildman–Crippen MR) is 75.6 cm³/mol. The molecule has 0 bridgehead atoms. The first-order chi connectivity index (χ1) is 8.73. The van der Waals surface area contributed by atoms with Crippen LogP contribution in [0.25, 0.3) is 0 Å². The largest absolute Gasteiger partial charge is 0.465 e. The van der Waals surface area contributed by atoms with Crippen LogP contribution in [0.1, 0.15) is 17.3 Å². The monoisotopic (exact) mass is 305 g/mol. The van der Waals surface area contributed by atoms with Gasteiger partial charge in [0.1, 0.15) is 9.84 Å². The van der Waals surface area contributed by atoms with Crippen LogP contribution in [-0.2, 0) is 14.6 Å². The van der Waals surface area contributed by atoms with Gasteiger partial charge in [-0.15, -0.1) is 0 Å². The maximum absolute atomic E-state index is 11.5. The Morgan fingerprint density at radius 3 is 2.63 bits per heavy atom. The van der Waals surface area contributed by atoms with Crippen molar-refractivity contribution < 1.29 is 17.9 Å². The Balaban J connectivity index is 2.88. The van der Waals surface area contributed by atoms with Gasteiger partial charge in [0, 0.05) is 18.0 Å². The molecule has 0 radical (unpaired) electrons. The SMILES string of the molecule is COC(=O)c1cc(NC(C)CS(C)(=O)=O)ccc1Cl. The van der Waals surface area contributed by atoms with E-state index in [2.05, 4.69) is 10.1 Å². The molecule has 0 aliphatic rings. The molecule has 0 spiro atoms. The molecular weight excluding hydrogens is 290 g/mol. The molecule has 1 atom stereocenters. The lowest BCUT2D eigenvalue weighted by Crippen LogP contribution is -2.25. The molecule has 19 heavy (non-hydrogen) atoms. The maximum atomic E-state index is 11.5. The number of ether oxygens (including phenoxy) is 1. The van der Waals surface area contributed by atoms with Crippen molar-refractivity contribution >= 4 is 33.1 Å². The maximum Gasteiger partial charge on any atom is 0.339 e. The lowest BCUT2D eigenvalue weighted by Gasteiger charge is -2.15. The second-order valence-corrected chi connectivity index (χ2v) is 6.92. The summed E-state index contributed by atoms with van der Waals surface area (Å²) < 4.78 is 27.0. The van der Waals surface area contributed by atoms with Crippen LogP contribution in [0.4, 0.5) is 5.69 Å². The summed E-state index contributed by atoms with van der Waals surface area (Å²) >= 11 is 5.89. The van der Waals surface area contributed by atoms with E-state index in [-0.39, 0.29) is 22.4 Å². The van der Waals surface area contributed by atoms with Gasteiger partial charge in [0.05, 0.1) is 23.4 Å². The Morgan fingerprint density at radius 2 is 2.11 bits per heavy atom. The van der Waals surface area contributed by atoms with E-state index in [9.17, 15) is 13.2 Å². The molecule has 0 amide bonds. The van der Waals surface area contributed by atoms with E-state index >= 15 is 0 Å². The first-order valence-corrected chi connectivity index (χ1v) is 7.99. The Hall–Kier alpha value is -1.27. The number of hydrogen-bond acceptors (Lipinski definition) is 5. The summed E-state index contributed by atoms with van der Waals surface area (Å²) in [5.41, 5.74) is 0.849. The van der Waals surface area contributed by atoms with Gasteiger partial charge in [-0.1, -0.05) is 11.6 Å². The van der Waals surface area contributed by atoms with Crippen LogP contribution in [0.3, 0.4) is 0 Å². The van der Waals surface area contributed by atoms with E-state index in [0.717, 1.165) is 0 Å². The van der Waals surface area contributed by atoms with Gasteiger partial charge in [-0.25, -0.2) is 13.2 Å². The summed E-state index contributed by atoms with van der Waals surface area (Å²) in [7, 11) is -1.79. The molecule has 1 aromatic rings. The van der Waals surface area contributed by atoms with Crippen molar-refractivity contribution in [1.82, 2.24) is 0 Å². The number of benzene rings is 1. The molecule has 1 aromatic carbocycles. The van der Waals surface area contributed by atoms with Gasteiger partial charge in [-0.05, 0) is 25.1 Å². The highest BCUT2D eigenvalue weighted by Gasteiger charge is 2.14. The van der Waals surface area contributed by atoms with E-state index in [1.807, 2.05) is 0 Å². The third kappa shape index (κ3) is 5.08. The van der Waals surface area contributed by atoms with E-state index in [1.165, 1.54) is 19.4 Å². The number of carbonyl (C=O) groups is 1. The van der Waals surface area contributed by atoms with E-state index in [0.29, 0.717) is 5.69 Å². The third-order valence-electron chi connectivity index (χ3n) is 2.34. The summed E-state index contributed by atoms with van der Waals surface area (Å²) in [4.78, 5) is 11.5. The van der Waals surface area contributed by atoms with Gasteiger partial charge < -0.3 is 10.1 Å². The van der Waals surface area contributed by atoms with Crippen LogP contribution in [0.15, 0.2) is 18.2 Å². The molecule has 0 heterocycles. The van der Waals surface area contributed by atoms with Crippen LogP contribution in [0.5, 0.6) is 0 Å². The van der Waals surface area contributed by atoms with Gasteiger partial charge in [-0.2, -0.15) is 0 Å². The Kier molecular flexibility index (Phi) is 5.20. The second-order valence-electron chi connectivity index (χ2n) is 4.32. The lowest BCUT2D eigenvalue weighted by molar-refractivity contribution is 0.0601. The number of hydrogen-bond donors (Lipinski definition) is 1. The average Bonchev–Trinajstić information content (AvgIpc) is 2.28. The van der Waals surface area contributed by atoms with Crippen molar-refractivity contribution in [1.29, 1.82) is 0 Å². The first kappa shape index (κ1) is 15.8. The number of anilines is 1. The number of esters is 1. The van der Waals surface area contributed by atoms with Crippen molar-refractivity contribution in [3.05, 3.63) is 28.8 Å². The molecule has 0 saturated heterocycles. The van der Waals surface area contributed by atoms with Gasteiger partial charge in [-0.3, -0.25) is 0 Å². The van der Waals surface area contributed by atoms with Crippen molar-refractivity contribution in [3.8, 4) is 0 Å². The number of sulfone groups is 1. The molecule has 0 aromatic heterocycles. The summed E-state index contributed by atoms with van der Waals surface area (Å²) in [5, 5.41) is 3.28. The Morgan fingerprint density at radius 1 is 1.47 bits per heavy atom. The molecule has 0 saturated carbocycles. The van der Waals surface area contributed by atoms with Crippen LogP contribution in [0.2, 0.25) is 5.02 Å². The topological polar surface area (TPSA) is 72.5 Å². The Bertz CT molecular complexity index is 571. The fourth-order valence-electron chi connectivity index (χ4n) is 1.66. The van der Waals surface area contributed by atoms with E-state index in [4.69, 9.17) is 11.6 Å². The van der Waals surface area contributed by atoms with Crippen LogP contribution < -0.4 is 5.32 Å². The zero-order valence-electron chi connectivity index (χ0n) is 10.9. The zero-order valence-corrected chi connectivity index (χ0v) is 12.5. The number of methoxy groups -OCH3 is 1. The number of rotatable bonds is 5. The summed E-state index contributed by atoms with van der Waals surface area (Å²) in [6.45, 7) is 1.74. The molecule has 7 heteroatoms. The normalized spacial score (nSPS) is 12.8. The zero-order chi connectivity index (χ0) is 14.6. The minimum Gasteiger partial charge on any atom is -0.465 e. The molecule has 1 rings (SSSR count). The third-order valence-corrected chi connectivity index (χ3v) is 3.77. The molecule has 1 unspecified atom stereocenters. The van der Waals surface area contributed by atoms with Crippen LogP contribution >= 0.6 is 11.6 Å². The van der Waals surface area contributed by atoms with Crippen molar-refractivity contribution in [2.75, 3.05) is 24.4 Å². The fraction of sp³-hybridized carbons (Fsp3) is 0.417. The standard InChI is InChI=1S/C12H16ClNO4S/c1-8(7-19(3,16)17)14-9-4-5-11(13)10(6-9)12(15)18-2/h4-6,8,14H,7H2,1-3H3. The number of nitrogens with one attached hydrogen (secondary N) is 1. The van der Waals surface area contributed by atoms with Gasteiger partial charge in [0.25, 0.3) is 0 Å².